The Kier molecular flexibility index (Phi) is 9.36. The number of amides is 2. The average molecular weight is 226 g/mol. The molecule has 0 saturated carbocycles. The van der Waals surface area contributed by atoms with Gasteiger partial charge in [-0.1, -0.05) is 25.3 Å². The molecule has 0 aliphatic rings. The summed E-state index contributed by atoms with van der Waals surface area (Å²) in [6.45, 7) is 3.66. The predicted octanol–water partition coefficient (Wildman–Crippen LogP) is 1.37. The van der Waals surface area contributed by atoms with Crippen molar-refractivity contribution in [1.82, 2.24) is 10.6 Å². The number of likely N-dealkylation sites (N-methyl/N-ethyl adjacent to an activating group) is 1. The Balaban J connectivity index is 3.63. The van der Waals surface area contributed by atoms with Gasteiger partial charge in [0.15, 0.2) is 0 Å². The molecule has 0 aliphatic carbocycles. The molecule has 4 heteroatoms. The van der Waals surface area contributed by atoms with E-state index in [-0.39, 0.29) is 11.9 Å². The van der Waals surface area contributed by atoms with Crippen LogP contribution in [0.25, 0.3) is 0 Å². The van der Waals surface area contributed by atoms with Gasteiger partial charge in [0.05, 0.1) is 0 Å². The van der Waals surface area contributed by atoms with Gasteiger partial charge in [0.2, 0.25) is 12.3 Å². The maximum absolute atomic E-state index is 11.3. The molecule has 92 valence electrons. The zero-order valence-corrected chi connectivity index (χ0v) is 10.00. The van der Waals surface area contributed by atoms with E-state index in [1.807, 2.05) is 6.08 Å². The van der Waals surface area contributed by atoms with E-state index in [1.165, 1.54) is 0 Å². The number of hydrogen-bond acceptors (Lipinski definition) is 2. The summed E-state index contributed by atoms with van der Waals surface area (Å²) in [5.74, 6) is -0.127. The normalized spacial score (nSPS) is 11.6. The Morgan fingerprint density at radius 3 is 2.56 bits per heavy atom. The van der Waals surface area contributed by atoms with Crippen LogP contribution in [-0.4, -0.2) is 25.4 Å². The number of allylic oxidation sites excluding steroid dienone is 1. The molecule has 0 rings (SSSR count). The van der Waals surface area contributed by atoms with Gasteiger partial charge in [-0.3, -0.25) is 9.59 Å². The summed E-state index contributed by atoms with van der Waals surface area (Å²) in [5, 5.41) is 5.06. The van der Waals surface area contributed by atoms with Gasteiger partial charge in [-0.15, -0.1) is 6.58 Å². The average Bonchev–Trinajstić information content (AvgIpc) is 2.31. The van der Waals surface area contributed by atoms with Gasteiger partial charge in [-0.05, 0) is 19.3 Å². The van der Waals surface area contributed by atoms with E-state index in [4.69, 9.17) is 0 Å². The Labute approximate surface area is 97.5 Å². The third kappa shape index (κ3) is 7.04. The molecule has 2 N–H and O–H groups in total. The molecule has 0 fully saturated rings. The zero-order chi connectivity index (χ0) is 12.2. The molecule has 1 atom stereocenters. The summed E-state index contributed by atoms with van der Waals surface area (Å²) in [5.41, 5.74) is 0. The quantitative estimate of drug-likeness (QED) is 0.336. The van der Waals surface area contributed by atoms with Crippen LogP contribution in [0.5, 0.6) is 0 Å². The Bertz CT molecular complexity index is 217. The van der Waals surface area contributed by atoms with E-state index >= 15 is 0 Å². The minimum absolute atomic E-state index is 0.127. The van der Waals surface area contributed by atoms with Crippen LogP contribution in [0.3, 0.4) is 0 Å². The molecule has 0 aromatic carbocycles. The van der Waals surface area contributed by atoms with Crippen LogP contribution in [0.2, 0.25) is 0 Å². The first kappa shape index (κ1) is 14.7. The van der Waals surface area contributed by atoms with Crippen LogP contribution in [-0.2, 0) is 9.59 Å². The second-order valence-electron chi connectivity index (χ2n) is 3.73. The van der Waals surface area contributed by atoms with Crippen molar-refractivity contribution in [3.05, 3.63) is 12.7 Å². The minimum atomic E-state index is -0.387. The van der Waals surface area contributed by atoms with Gasteiger partial charge in [-0.2, -0.15) is 0 Å². The van der Waals surface area contributed by atoms with Crippen molar-refractivity contribution < 1.29 is 9.59 Å². The fourth-order valence-corrected chi connectivity index (χ4v) is 1.54. The molecule has 0 saturated heterocycles. The van der Waals surface area contributed by atoms with E-state index in [0.717, 1.165) is 32.1 Å². The van der Waals surface area contributed by atoms with Crippen molar-refractivity contribution in [3.8, 4) is 0 Å². The van der Waals surface area contributed by atoms with Gasteiger partial charge < -0.3 is 10.6 Å². The number of carbonyl (C=O) groups is 2. The number of nitrogens with one attached hydrogen (secondary N) is 2. The predicted molar refractivity (Wildman–Crippen MR) is 65.0 cm³/mol. The van der Waals surface area contributed by atoms with Crippen LogP contribution in [0.15, 0.2) is 12.7 Å². The molecule has 2 amide bonds. The minimum Gasteiger partial charge on any atom is -0.357 e. The molecule has 0 aromatic heterocycles. The first-order chi connectivity index (χ1) is 7.76. The number of carbonyl (C=O) groups excluding carboxylic acids is 2. The highest BCUT2D eigenvalue weighted by Crippen LogP contribution is 2.07. The fourth-order valence-electron chi connectivity index (χ4n) is 1.54. The van der Waals surface area contributed by atoms with Crippen molar-refractivity contribution in [2.24, 2.45) is 0 Å². The number of unbranched alkanes of at least 4 members (excludes halogenated alkanes) is 4. The summed E-state index contributed by atoms with van der Waals surface area (Å²) in [6.07, 6.45) is 8.58. The monoisotopic (exact) mass is 226 g/mol. The van der Waals surface area contributed by atoms with E-state index in [9.17, 15) is 9.59 Å². The van der Waals surface area contributed by atoms with Crippen LogP contribution >= 0.6 is 0 Å². The summed E-state index contributed by atoms with van der Waals surface area (Å²) in [6, 6.07) is -0.387. The number of rotatable bonds is 10. The molecule has 0 heterocycles. The van der Waals surface area contributed by atoms with Gasteiger partial charge in [0.25, 0.3) is 0 Å². The first-order valence-corrected chi connectivity index (χ1v) is 5.78. The lowest BCUT2D eigenvalue weighted by molar-refractivity contribution is -0.125. The zero-order valence-electron chi connectivity index (χ0n) is 10.00. The second-order valence-corrected chi connectivity index (χ2v) is 3.73. The number of hydrogen-bond donors (Lipinski definition) is 2. The van der Waals surface area contributed by atoms with Crippen LogP contribution in [0.1, 0.15) is 38.5 Å². The summed E-state index contributed by atoms with van der Waals surface area (Å²) in [7, 11) is 1.58. The fraction of sp³-hybridized carbons (Fsp3) is 0.667. The third-order valence-electron chi connectivity index (χ3n) is 2.48. The molecule has 0 bridgehead atoms. The van der Waals surface area contributed by atoms with Crippen molar-refractivity contribution >= 4 is 12.3 Å². The highest BCUT2D eigenvalue weighted by Gasteiger charge is 2.14. The van der Waals surface area contributed by atoms with Gasteiger partial charge in [0, 0.05) is 7.05 Å². The molecular weight excluding hydrogens is 204 g/mol. The van der Waals surface area contributed by atoms with Gasteiger partial charge >= 0.3 is 0 Å². The van der Waals surface area contributed by atoms with Crippen LogP contribution < -0.4 is 10.6 Å². The Morgan fingerprint density at radius 1 is 1.31 bits per heavy atom. The second kappa shape index (κ2) is 10.2. The van der Waals surface area contributed by atoms with Crippen molar-refractivity contribution in [1.29, 1.82) is 0 Å². The highest BCUT2D eigenvalue weighted by atomic mass is 16.2. The lowest BCUT2D eigenvalue weighted by Crippen LogP contribution is -2.42. The van der Waals surface area contributed by atoms with E-state index < -0.39 is 0 Å². The maximum Gasteiger partial charge on any atom is 0.242 e. The van der Waals surface area contributed by atoms with E-state index in [0.29, 0.717) is 12.8 Å². The molecule has 0 aliphatic heterocycles. The summed E-state index contributed by atoms with van der Waals surface area (Å²) < 4.78 is 0. The molecular formula is C12H22N2O2. The van der Waals surface area contributed by atoms with Crippen LogP contribution in [0.4, 0.5) is 0 Å². The SMILES string of the molecule is C=CCCCCCC[C@H](NC=O)C(=O)NC. The molecule has 0 unspecified atom stereocenters. The lowest BCUT2D eigenvalue weighted by atomic mass is 10.1. The van der Waals surface area contributed by atoms with Crippen molar-refractivity contribution in [2.75, 3.05) is 7.05 Å². The first-order valence-electron chi connectivity index (χ1n) is 5.78. The smallest absolute Gasteiger partial charge is 0.242 e. The maximum atomic E-state index is 11.3. The van der Waals surface area contributed by atoms with Gasteiger partial charge in [0.1, 0.15) is 6.04 Å². The van der Waals surface area contributed by atoms with Gasteiger partial charge in [-0.25, -0.2) is 0 Å². The third-order valence-corrected chi connectivity index (χ3v) is 2.48. The van der Waals surface area contributed by atoms with E-state index in [1.54, 1.807) is 7.05 Å². The topological polar surface area (TPSA) is 58.2 Å². The lowest BCUT2D eigenvalue weighted by Gasteiger charge is -2.13. The molecule has 0 radical (unpaired) electrons. The Hall–Kier alpha value is -1.32. The standard InChI is InChI=1S/C12H22N2O2/c1-3-4-5-6-7-8-9-11(14-10-15)12(16)13-2/h3,10-11H,1,4-9H2,2H3,(H,13,16)(H,14,15)/t11-/m0/s1. The molecule has 0 spiro atoms. The Morgan fingerprint density at radius 2 is 2.00 bits per heavy atom. The molecule has 0 aromatic rings. The molecule has 4 nitrogen and oxygen atoms in total. The summed E-state index contributed by atoms with van der Waals surface area (Å²) >= 11 is 0. The highest BCUT2D eigenvalue weighted by molar-refractivity contribution is 5.83. The molecule has 16 heavy (non-hydrogen) atoms. The largest absolute Gasteiger partial charge is 0.357 e. The van der Waals surface area contributed by atoms with Crippen molar-refractivity contribution in [2.45, 2.75) is 44.6 Å². The van der Waals surface area contributed by atoms with Crippen molar-refractivity contribution in [3.63, 3.8) is 0 Å². The summed E-state index contributed by atoms with van der Waals surface area (Å²) in [4.78, 5) is 21.6. The van der Waals surface area contributed by atoms with E-state index in [2.05, 4.69) is 17.2 Å². The van der Waals surface area contributed by atoms with Crippen LogP contribution in [0, 0.1) is 0 Å².